The molecule has 0 unspecified atom stereocenters. The van der Waals surface area contributed by atoms with Gasteiger partial charge in [-0.1, -0.05) is 53.6 Å². The highest BCUT2D eigenvalue weighted by Crippen LogP contribution is 2.33. The molecule has 0 bridgehead atoms. The van der Waals surface area contributed by atoms with E-state index in [4.69, 9.17) is 16.3 Å². The third kappa shape index (κ3) is 6.21. The maximum Gasteiger partial charge on any atom is 0.271 e. The molecule has 1 aliphatic rings. The fourth-order valence-corrected chi connectivity index (χ4v) is 5.38. The average molecular weight is 512 g/mol. The number of amides is 2. The van der Waals surface area contributed by atoms with Crippen LogP contribution in [-0.4, -0.2) is 40.4 Å². The quantitative estimate of drug-likeness (QED) is 0.448. The summed E-state index contributed by atoms with van der Waals surface area (Å²) < 4.78 is 5.97. The van der Waals surface area contributed by atoms with Crippen LogP contribution in [0.2, 0.25) is 5.02 Å². The number of thiazole rings is 1. The van der Waals surface area contributed by atoms with E-state index < -0.39 is 5.60 Å². The summed E-state index contributed by atoms with van der Waals surface area (Å²) in [6, 6.07) is 15.2. The number of likely N-dealkylation sites (tertiary alicyclic amines) is 1. The number of aromatic nitrogens is 1. The van der Waals surface area contributed by atoms with Gasteiger partial charge in [-0.3, -0.25) is 9.59 Å². The molecule has 2 heterocycles. The number of benzene rings is 2. The predicted molar refractivity (Wildman–Crippen MR) is 139 cm³/mol. The molecular weight excluding hydrogens is 482 g/mol. The van der Waals surface area contributed by atoms with Gasteiger partial charge in [-0.25, -0.2) is 4.98 Å². The summed E-state index contributed by atoms with van der Waals surface area (Å²) in [6.45, 7) is 7.28. The van der Waals surface area contributed by atoms with E-state index in [1.54, 1.807) is 26.0 Å². The second-order valence-electron chi connectivity index (χ2n) is 9.35. The van der Waals surface area contributed by atoms with E-state index in [0.29, 0.717) is 36.1 Å². The Hall–Kier alpha value is -2.90. The minimum atomic E-state index is -1.03. The number of ether oxygens (including phenoxy) is 1. The van der Waals surface area contributed by atoms with Crippen molar-refractivity contribution in [2.75, 3.05) is 13.1 Å². The Bertz CT molecular complexity index is 1200. The van der Waals surface area contributed by atoms with Crippen LogP contribution in [0.5, 0.6) is 5.75 Å². The minimum Gasteiger partial charge on any atom is -0.476 e. The van der Waals surface area contributed by atoms with Crippen LogP contribution >= 0.6 is 22.9 Å². The number of hydrogen-bond acceptors (Lipinski definition) is 5. The number of carbonyl (C=O) groups is 2. The number of nitrogens with zero attached hydrogens (tertiary/aromatic N) is 2. The van der Waals surface area contributed by atoms with E-state index in [0.717, 1.165) is 29.0 Å². The zero-order chi connectivity index (χ0) is 25.0. The maximum atomic E-state index is 13.2. The zero-order valence-electron chi connectivity index (χ0n) is 20.2. The molecule has 1 aromatic heterocycles. The second kappa shape index (κ2) is 10.8. The molecule has 6 nitrogen and oxygen atoms in total. The third-order valence-corrected chi connectivity index (χ3v) is 7.46. The van der Waals surface area contributed by atoms with Crippen molar-refractivity contribution in [3.05, 3.63) is 80.8 Å². The largest absolute Gasteiger partial charge is 0.476 e. The Labute approximate surface area is 215 Å². The van der Waals surface area contributed by atoms with E-state index in [1.807, 2.05) is 47.5 Å². The molecule has 1 aliphatic heterocycles. The summed E-state index contributed by atoms with van der Waals surface area (Å²) in [5.41, 5.74) is 1.65. The van der Waals surface area contributed by atoms with E-state index in [-0.39, 0.29) is 17.7 Å². The highest BCUT2D eigenvalue weighted by atomic mass is 35.5. The van der Waals surface area contributed by atoms with Gasteiger partial charge in [0.05, 0.1) is 10.0 Å². The van der Waals surface area contributed by atoms with Gasteiger partial charge < -0.3 is 15.0 Å². The second-order valence-corrected chi connectivity index (χ2v) is 10.6. The first kappa shape index (κ1) is 25.2. The van der Waals surface area contributed by atoms with Gasteiger partial charge in [0.15, 0.2) is 5.60 Å². The van der Waals surface area contributed by atoms with Gasteiger partial charge >= 0.3 is 0 Å². The molecule has 3 aromatic rings. The number of halogens is 1. The first-order chi connectivity index (χ1) is 16.7. The van der Waals surface area contributed by atoms with Crippen LogP contribution < -0.4 is 10.1 Å². The molecule has 184 valence electrons. The van der Waals surface area contributed by atoms with Crippen molar-refractivity contribution in [1.82, 2.24) is 15.2 Å². The van der Waals surface area contributed by atoms with E-state index in [9.17, 15) is 9.59 Å². The summed E-state index contributed by atoms with van der Waals surface area (Å²) in [6.07, 6.45) is 1.59. The molecule has 0 saturated carbocycles. The van der Waals surface area contributed by atoms with Crippen molar-refractivity contribution < 1.29 is 14.3 Å². The first-order valence-corrected chi connectivity index (χ1v) is 13.0. The summed E-state index contributed by atoms with van der Waals surface area (Å²) in [5.74, 6) is 0.500. The van der Waals surface area contributed by atoms with Gasteiger partial charge in [0.1, 0.15) is 11.4 Å². The monoisotopic (exact) mass is 511 g/mol. The van der Waals surface area contributed by atoms with Gasteiger partial charge in [0.2, 0.25) is 0 Å². The Balaban J connectivity index is 1.30. The third-order valence-electron chi connectivity index (χ3n) is 6.14. The summed E-state index contributed by atoms with van der Waals surface area (Å²) >= 11 is 7.72. The fourth-order valence-electron chi connectivity index (χ4n) is 4.23. The lowest BCUT2D eigenvalue weighted by Crippen LogP contribution is -2.51. The summed E-state index contributed by atoms with van der Waals surface area (Å²) in [4.78, 5) is 32.2. The van der Waals surface area contributed by atoms with Gasteiger partial charge in [0.25, 0.3) is 11.8 Å². The van der Waals surface area contributed by atoms with Crippen LogP contribution in [0.25, 0.3) is 0 Å². The predicted octanol–water partition coefficient (Wildman–Crippen LogP) is 5.60. The highest BCUT2D eigenvalue weighted by Gasteiger charge is 2.37. The van der Waals surface area contributed by atoms with Crippen molar-refractivity contribution in [3.63, 3.8) is 0 Å². The number of para-hydroxylation sites is 1. The number of nitrogens with one attached hydrogen (secondary N) is 1. The van der Waals surface area contributed by atoms with Crippen molar-refractivity contribution >= 4 is 34.8 Å². The molecule has 0 spiro atoms. The fraction of sp³-hybridized carbons (Fsp3) is 0.370. The van der Waals surface area contributed by atoms with Crippen LogP contribution in [0.4, 0.5) is 0 Å². The topological polar surface area (TPSA) is 71.5 Å². The molecule has 2 amide bonds. The Morgan fingerprint density at radius 3 is 2.63 bits per heavy atom. The van der Waals surface area contributed by atoms with Crippen LogP contribution in [0, 0.1) is 6.92 Å². The Morgan fingerprint density at radius 1 is 1.17 bits per heavy atom. The average Bonchev–Trinajstić information content (AvgIpc) is 3.34. The van der Waals surface area contributed by atoms with Crippen molar-refractivity contribution in [3.8, 4) is 5.75 Å². The molecule has 0 aliphatic carbocycles. The Morgan fingerprint density at radius 2 is 1.91 bits per heavy atom. The number of piperidine rings is 1. The molecule has 1 fully saturated rings. The molecule has 4 rings (SSSR count). The minimum absolute atomic E-state index is 0.0637. The van der Waals surface area contributed by atoms with E-state index in [2.05, 4.69) is 16.4 Å². The maximum absolute atomic E-state index is 13.2. The number of hydrogen-bond donors (Lipinski definition) is 1. The smallest absolute Gasteiger partial charge is 0.271 e. The molecule has 0 radical (unpaired) electrons. The summed E-state index contributed by atoms with van der Waals surface area (Å²) in [5, 5.41) is 6.20. The SMILES string of the molecule is Cc1cccc(CNC(=O)c2csc(C3CCN(C(=O)C(C)(C)Oc4ccccc4Cl)CC3)n2)c1. The zero-order valence-corrected chi connectivity index (χ0v) is 21.8. The molecule has 0 atom stereocenters. The standard InChI is InChI=1S/C27H30ClN3O3S/c1-18-7-6-8-19(15-18)16-29-24(32)22-17-35-25(30-22)20-11-13-31(14-12-20)26(33)27(2,3)34-23-10-5-4-9-21(23)28/h4-10,15,17,20H,11-14,16H2,1-3H3,(H,29,32). The van der Waals surface area contributed by atoms with Crippen molar-refractivity contribution in [2.24, 2.45) is 0 Å². The van der Waals surface area contributed by atoms with Crippen LogP contribution in [0.1, 0.15) is 59.2 Å². The Kier molecular flexibility index (Phi) is 7.77. The van der Waals surface area contributed by atoms with Gasteiger partial charge in [-0.2, -0.15) is 0 Å². The molecule has 1 N–H and O–H groups in total. The van der Waals surface area contributed by atoms with Crippen molar-refractivity contribution in [2.45, 2.75) is 51.7 Å². The summed E-state index contributed by atoms with van der Waals surface area (Å²) in [7, 11) is 0. The van der Waals surface area contributed by atoms with Gasteiger partial charge in [0, 0.05) is 30.9 Å². The first-order valence-electron chi connectivity index (χ1n) is 11.7. The molecular formula is C27H30ClN3O3S. The van der Waals surface area contributed by atoms with Crippen molar-refractivity contribution in [1.29, 1.82) is 0 Å². The number of rotatable bonds is 7. The van der Waals surface area contributed by atoms with Crippen LogP contribution in [0.15, 0.2) is 53.9 Å². The molecule has 35 heavy (non-hydrogen) atoms. The molecule has 8 heteroatoms. The van der Waals surface area contributed by atoms with Gasteiger partial charge in [-0.05, 0) is 51.3 Å². The number of aryl methyl sites for hydroxylation is 1. The lowest BCUT2D eigenvalue weighted by Gasteiger charge is -2.36. The van der Waals surface area contributed by atoms with Crippen LogP contribution in [0.3, 0.4) is 0 Å². The van der Waals surface area contributed by atoms with E-state index in [1.165, 1.54) is 11.3 Å². The lowest BCUT2D eigenvalue weighted by molar-refractivity contribution is -0.146. The lowest BCUT2D eigenvalue weighted by atomic mass is 9.96. The van der Waals surface area contributed by atoms with E-state index >= 15 is 0 Å². The van der Waals surface area contributed by atoms with Crippen LogP contribution in [-0.2, 0) is 11.3 Å². The number of carbonyl (C=O) groups excluding carboxylic acids is 2. The van der Waals surface area contributed by atoms with Gasteiger partial charge in [-0.15, -0.1) is 11.3 Å². The molecule has 1 saturated heterocycles. The molecule has 2 aromatic carbocycles. The highest BCUT2D eigenvalue weighted by molar-refractivity contribution is 7.09. The normalized spacial score (nSPS) is 14.6.